The molecule has 0 bridgehead atoms. The Labute approximate surface area is 220 Å². The summed E-state index contributed by atoms with van der Waals surface area (Å²) in [4.78, 5) is 51.6. The third kappa shape index (κ3) is 7.84. The number of benzene rings is 1. The van der Waals surface area contributed by atoms with E-state index in [1.807, 2.05) is 0 Å². The van der Waals surface area contributed by atoms with E-state index < -0.39 is 36.3 Å². The highest BCUT2D eigenvalue weighted by Gasteiger charge is 2.26. The summed E-state index contributed by atoms with van der Waals surface area (Å²) in [6.45, 7) is 0.0917. The van der Waals surface area contributed by atoms with Crippen LogP contribution in [0.15, 0.2) is 30.3 Å². The van der Waals surface area contributed by atoms with Crippen molar-refractivity contribution in [3.8, 4) is 5.75 Å². The van der Waals surface area contributed by atoms with Crippen molar-refractivity contribution < 1.29 is 37.4 Å². The summed E-state index contributed by atoms with van der Waals surface area (Å²) in [6, 6.07) is 5.79. The first kappa shape index (κ1) is 28.3. The number of hydrogen-bond acceptors (Lipinski definition) is 7. The second-order valence-corrected chi connectivity index (χ2v) is 9.89. The number of carbonyl (C=O) groups excluding carboxylic acids is 4. The lowest BCUT2D eigenvalue weighted by Crippen LogP contribution is -2.51. The van der Waals surface area contributed by atoms with Crippen molar-refractivity contribution in [2.24, 2.45) is 5.92 Å². The van der Waals surface area contributed by atoms with Crippen LogP contribution in [0.3, 0.4) is 0 Å². The number of amides is 4. The highest BCUT2D eigenvalue weighted by atomic mass is 35.5. The molecule has 0 unspecified atom stereocenters. The Morgan fingerprint density at radius 1 is 1.19 bits per heavy atom. The van der Waals surface area contributed by atoms with Gasteiger partial charge >= 0.3 is 6.61 Å². The molecule has 14 heteroatoms. The summed E-state index contributed by atoms with van der Waals surface area (Å²) in [6.07, 6.45) is 0. The van der Waals surface area contributed by atoms with Gasteiger partial charge in [-0.15, -0.1) is 11.3 Å². The zero-order valence-corrected chi connectivity index (χ0v) is 21.5. The molecular weight excluding hydrogens is 534 g/mol. The van der Waals surface area contributed by atoms with E-state index in [-0.39, 0.29) is 49.3 Å². The first-order chi connectivity index (χ1) is 17.5. The number of thiophene rings is 1. The number of morpholine rings is 1. The van der Waals surface area contributed by atoms with Gasteiger partial charge in [0.05, 0.1) is 21.5 Å². The Bertz CT molecular complexity index is 1160. The minimum absolute atomic E-state index is 0.116. The largest absolute Gasteiger partial charge is 0.433 e. The molecule has 0 aliphatic carbocycles. The Balaban J connectivity index is 1.79. The molecule has 1 atom stereocenters. The standard InChI is InChI=1S/C23H25ClF2N4O6S/c1-12(2)20(32)29-15(10-27-22(34)17-5-6-18(24)37-17)21(33)28-14-4-3-13(9-16(14)36-23(25)26)30-7-8-35-11-19(30)31/h3-6,9,12,15,23H,7-8,10-11H2,1-2H3,(H,27,34)(H,28,33)(H,29,32)/t15-/m1/s1. The lowest BCUT2D eigenvalue weighted by Gasteiger charge is -2.27. The summed E-state index contributed by atoms with van der Waals surface area (Å²) < 4.78 is 36.3. The smallest absolute Gasteiger partial charge is 0.387 e. The van der Waals surface area contributed by atoms with E-state index in [4.69, 9.17) is 16.3 Å². The SMILES string of the molecule is CC(C)C(=O)N[C@H](CNC(=O)c1ccc(Cl)s1)C(=O)Nc1ccc(N2CCOCC2=O)cc1OC(F)F. The lowest BCUT2D eigenvalue weighted by molar-refractivity contribution is -0.128. The van der Waals surface area contributed by atoms with Crippen molar-refractivity contribution in [2.75, 3.05) is 36.5 Å². The van der Waals surface area contributed by atoms with Crippen molar-refractivity contribution in [3.63, 3.8) is 0 Å². The molecular formula is C23H25ClF2N4O6S. The number of ether oxygens (including phenoxy) is 2. The summed E-state index contributed by atoms with van der Waals surface area (Å²) in [5.74, 6) is -2.96. The molecule has 2 heterocycles. The van der Waals surface area contributed by atoms with E-state index in [9.17, 15) is 28.0 Å². The number of carbonyl (C=O) groups is 4. The molecule has 4 amide bonds. The molecule has 0 saturated carbocycles. The Morgan fingerprint density at radius 2 is 1.95 bits per heavy atom. The van der Waals surface area contributed by atoms with Gasteiger partial charge in [0, 0.05) is 30.8 Å². The molecule has 1 aromatic heterocycles. The molecule has 0 radical (unpaired) electrons. The Morgan fingerprint density at radius 3 is 2.57 bits per heavy atom. The Hall–Kier alpha value is -3.29. The Kier molecular flexibility index (Phi) is 9.78. The topological polar surface area (TPSA) is 126 Å². The number of anilines is 2. The van der Waals surface area contributed by atoms with Gasteiger partial charge in [-0.1, -0.05) is 25.4 Å². The molecule has 3 N–H and O–H groups in total. The number of rotatable bonds is 10. The molecule has 1 saturated heterocycles. The van der Waals surface area contributed by atoms with E-state index in [2.05, 4.69) is 20.7 Å². The van der Waals surface area contributed by atoms with Gasteiger partial charge < -0.3 is 30.3 Å². The zero-order chi connectivity index (χ0) is 27.1. The molecule has 1 aliphatic heterocycles. The predicted molar refractivity (Wildman–Crippen MR) is 133 cm³/mol. The van der Waals surface area contributed by atoms with Crippen molar-refractivity contribution in [1.29, 1.82) is 0 Å². The van der Waals surface area contributed by atoms with E-state index in [0.29, 0.717) is 9.21 Å². The van der Waals surface area contributed by atoms with Gasteiger partial charge in [-0.3, -0.25) is 19.2 Å². The van der Waals surface area contributed by atoms with E-state index >= 15 is 0 Å². The van der Waals surface area contributed by atoms with Gasteiger partial charge in [0.2, 0.25) is 11.8 Å². The molecule has 200 valence electrons. The van der Waals surface area contributed by atoms with Crippen molar-refractivity contribution >= 4 is 57.9 Å². The summed E-state index contributed by atoms with van der Waals surface area (Å²) >= 11 is 6.90. The van der Waals surface area contributed by atoms with Crippen LogP contribution in [0, 0.1) is 5.92 Å². The normalized spacial score (nSPS) is 14.5. The fourth-order valence-corrected chi connectivity index (χ4v) is 4.21. The fourth-order valence-electron chi connectivity index (χ4n) is 3.25. The lowest BCUT2D eigenvalue weighted by atomic mass is 10.1. The maximum Gasteiger partial charge on any atom is 0.387 e. The number of halogens is 3. The van der Waals surface area contributed by atoms with Crippen LogP contribution in [0.1, 0.15) is 23.5 Å². The molecule has 3 rings (SSSR count). The molecule has 37 heavy (non-hydrogen) atoms. The van der Waals surface area contributed by atoms with E-state index in [0.717, 1.165) is 11.3 Å². The van der Waals surface area contributed by atoms with Crippen LogP contribution in [0.25, 0.3) is 0 Å². The minimum atomic E-state index is -3.21. The van der Waals surface area contributed by atoms with Crippen LogP contribution in [-0.2, 0) is 19.1 Å². The highest BCUT2D eigenvalue weighted by molar-refractivity contribution is 7.18. The number of nitrogens with zero attached hydrogens (tertiary/aromatic N) is 1. The fraction of sp³-hybridized carbons (Fsp3) is 0.391. The van der Waals surface area contributed by atoms with Gasteiger partial charge in [0.25, 0.3) is 11.8 Å². The van der Waals surface area contributed by atoms with Crippen LogP contribution < -0.4 is 25.6 Å². The maximum absolute atomic E-state index is 13.1. The molecule has 0 spiro atoms. The molecule has 1 fully saturated rings. The second kappa shape index (κ2) is 12.8. The van der Waals surface area contributed by atoms with Crippen LogP contribution in [0.5, 0.6) is 5.75 Å². The van der Waals surface area contributed by atoms with Gasteiger partial charge in [0.15, 0.2) is 5.75 Å². The zero-order valence-electron chi connectivity index (χ0n) is 19.9. The van der Waals surface area contributed by atoms with Gasteiger partial charge in [-0.2, -0.15) is 8.78 Å². The predicted octanol–water partition coefficient (Wildman–Crippen LogP) is 2.88. The third-order valence-corrected chi connectivity index (χ3v) is 6.39. The summed E-state index contributed by atoms with van der Waals surface area (Å²) in [5, 5.41) is 7.55. The average Bonchev–Trinajstić information content (AvgIpc) is 3.28. The molecule has 10 nitrogen and oxygen atoms in total. The first-order valence-corrected chi connectivity index (χ1v) is 12.4. The first-order valence-electron chi connectivity index (χ1n) is 11.2. The van der Waals surface area contributed by atoms with Crippen LogP contribution in [0.2, 0.25) is 4.34 Å². The molecule has 1 aliphatic rings. The van der Waals surface area contributed by atoms with Gasteiger partial charge in [-0.05, 0) is 24.3 Å². The maximum atomic E-state index is 13.1. The number of hydrogen-bond donors (Lipinski definition) is 3. The minimum Gasteiger partial charge on any atom is -0.433 e. The second-order valence-electron chi connectivity index (χ2n) is 8.18. The number of nitrogens with one attached hydrogen (secondary N) is 3. The van der Waals surface area contributed by atoms with Gasteiger partial charge in [-0.25, -0.2) is 0 Å². The van der Waals surface area contributed by atoms with Gasteiger partial charge in [0.1, 0.15) is 12.6 Å². The van der Waals surface area contributed by atoms with Crippen molar-refractivity contribution in [1.82, 2.24) is 10.6 Å². The average molecular weight is 559 g/mol. The van der Waals surface area contributed by atoms with Crippen molar-refractivity contribution in [3.05, 3.63) is 39.5 Å². The number of alkyl halides is 2. The monoisotopic (exact) mass is 558 g/mol. The molecule has 2 aromatic rings. The molecule has 1 aromatic carbocycles. The summed E-state index contributed by atoms with van der Waals surface area (Å²) in [5.41, 5.74) is 0.170. The van der Waals surface area contributed by atoms with Crippen LogP contribution >= 0.6 is 22.9 Å². The highest BCUT2D eigenvalue weighted by Crippen LogP contribution is 2.32. The quantitative estimate of drug-likeness (QED) is 0.412. The third-order valence-electron chi connectivity index (χ3n) is 5.16. The summed E-state index contributed by atoms with van der Waals surface area (Å²) in [7, 11) is 0. The van der Waals surface area contributed by atoms with E-state index in [1.54, 1.807) is 19.9 Å². The van der Waals surface area contributed by atoms with Crippen molar-refractivity contribution in [2.45, 2.75) is 26.5 Å². The van der Waals surface area contributed by atoms with E-state index in [1.165, 1.54) is 29.2 Å². The van der Waals surface area contributed by atoms with Crippen LogP contribution in [-0.4, -0.2) is 62.6 Å². The van der Waals surface area contributed by atoms with Crippen LogP contribution in [0.4, 0.5) is 20.2 Å².